The molecule has 1 aromatic heterocycles. The average molecular weight is 267 g/mol. The van der Waals surface area contributed by atoms with Crippen molar-refractivity contribution in [1.29, 1.82) is 0 Å². The van der Waals surface area contributed by atoms with Crippen LogP contribution in [0.4, 0.5) is 0 Å². The molecule has 0 aliphatic rings. The minimum absolute atomic E-state index is 0.143. The smallest absolute Gasteiger partial charge is 0.124 e. The van der Waals surface area contributed by atoms with Crippen LogP contribution in [0, 0.1) is 0 Å². The van der Waals surface area contributed by atoms with Crippen molar-refractivity contribution in [3.05, 3.63) is 59.9 Å². The molecule has 0 aliphatic carbocycles. The number of imidazole rings is 1. The highest BCUT2D eigenvalue weighted by Gasteiger charge is 2.11. The van der Waals surface area contributed by atoms with E-state index in [1.165, 1.54) is 5.56 Å². The van der Waals surface area contributed by atoms with Crippen molar-refractivity contribution in [2.45, 2.75) is 12.5 Å². The number of methoxy groups -OCH3 is 1. The number of hydrogen-bond acceptors (Lipinski definition) is 3. The van der Waals surface area contributed by atoms with Gasteiger partial charge in [-0.25, -0.2) is 4.98 Å². The zero-order valence-corrected chi connectivity index (χ0v) is 11.3. The maximum Gasteiger partial charge on any atom is 0.124 e. The molecule has 0 spiro atoms. The first-order chi connectivity index (χ1) is 9.76. The number of aromatic amines is 1. The van der Waals surface area contributed by atoms with E-state index in [9.17, 15) is 0 Å². The fourth-order valence-corrected chi connectivity index (χ4v) is 2.26. The van der Waals surface area contributed by atoms with E-state index in [1.54, 1.807) is 7.11 Å². The fourth-order valence-electron chi connectivity index (χ4n) is 2.26. The first-order valence-corrected chi connectivity index (χ1v) is 6.59. The van der Waals surface area contributed by atoms with E-state index < -0.39 is 0 Å². The highest BCUT2D eigenvalue weighted by Crippen LogP contribution is 2.19. The number of benzene rings is 2. The van der Waals surface area contributed by atoms with Crippen LogP contribution in [-0.2, 0) is 6.42 Å². The van der Waals surface area contributed by atoms with E-state index >= 15 is 0 Å². The van der Waals surface area contributed by atoms with Gasteiger partial charge in [-0.05, 0) is 36.2 Å². The predicted molar refractivity (Wildman–Crippen MR) is 79.7 cm³/mol. The summed E-state index contributed by atoms with van der Waals surface area (Å²) in [7, 11) is 1.66. The summed E-state index contributed by atoms with van der Waals surface area (Å²) < 4.78 is 5.15. The van der Waals surface area contributed by atoms with Gasteiger partial charge in [-0.3, -0.25) is 0 Å². The molecular weight excluding hydrogens is 250 g/mol. The van der Waals surface area contributed by atoms with Crippen LogP contribution in [0.3, 0.4) is 0 Å². The summed E-state index contributed by atoms with van der Waals surface area (Å²) in [5.74, 6) is 1.67. The van der Waals surface area contributed by atoms with Crippen molar-refractivity contribution in [3.8, 4) is 5.75 Å². The highest BCUT2D eigenvalue weighted by atomic mass is 16.5. The molecule has 4 nitrogen and oxygen atoms in total. The Labute approximate surface area is 117 Å². The molecule has 0 aliphatic heterocycles. The van der Waals surface area contributed by atoms with Crippen LogP contribution in [0.1, 0.15) is 17.4 Å². The van der Waals surface area contributed by atoms with Gasteiger partial charge in [0.05, 0.1) is 24.2 Å². The predicted octanol–water partition coefficient (Wildman–Crippen LogP) is 2.81. The molecule has 0 bridgehead atoms. The van der Waals surface area contributed by atoms with Crippen LogP contribution < -0.4 is 10.5 Å². The van der Waals surface area contributed by atoms with Crippen molar-refractivity contribution in [3.63, 3.8) is 0 Å². The third-order valence-corrected chi connectivity index (χ3v) is 3.37. The maximum absolute atomic E-state index is 6.24. The van der Waals surface area contributed by atoms with Crippen LogP contribution in [-0.4, -0.2) is 17.1 Å². The summed E-state index contributed by atoms with van der Waals surface area (Å²) in [6.45, 7) is 0. The zero-order valence-electron chi connectivity index (χ0n) is 11.3. The standard InChI is InChI=1S/C16H17N3O/c1-20-12-8-6-11(7-9-12)10-13(17)16-18-14-4-2-3-5-15(14)19-16/h2-9,13H,10,17H2,1H3,(H,18,19). The van der Waals surface area contributed by atoms with Gasteiger partial charge in [-0.2, -0.15) is 0 Å². The summed E-state index contributed by atoms with van der Waals surface area (Å²) in [5, 5.41) is 0. The molecule has 3 rings (SSSR count). The number of para-hydroxylation sites is 2. The fraction of sp³-hybridized carbons (Fsp3) is 0.188. The van der Waals surface area contributed by atoms with Gasteiger partial charge in [0.1, 0.15) is 11.6 Å². The first kappa shape index (κ1) is 12.7. The topological polar surface area (TPSA) is 63.9 Å². The van der Waals surface area contributed by atoms with Crippen molar-refractivity contribution in [2.75, 3.05) is 7.11 Å². The molecule has 1 heterocycles. The number of hydrogen-bond donors (Lipinski definition) is 2. The quantitative estimate of drug-likeness (QED) is 0.764. The molecule has 1 atom stereocenters. The Balaban J connectivity index is 1.79. The van der Waals surface area contributed by atoms with Crippen molar-refractivity contribution >= 4 is 11.0 Å². The van der Waals surface area contributed by atoms with Gasteiger partial charge in [0.25, 0.3) is 0 Å². The van der Waals surface area contributed by atoms with Crippen LogP contribution in [0.25, 0.3) is 11.0 Å². The third kappa shape index (κ3) is 2.51. The monoisotopic (exact) mass is 267 g/mol. The molecule has 2 aromatic carbocycles. The molecular formula is C16H17N3O. The van der Waals surface area contributed by atoms with Gasteiger partial charge in [0.2, 0.25) is 0 Å². The van der Waals surface area contributed by atoms with Crippen molar-refractivity contribution in [1.82, 2.24) is 9.97 Å². The van der Waals surface area contributed by atoms with Crippen molar-refractivity contribution < 1.29 is 4.74 Å². The van der Waals surface area contributed by atoms with E-state index in [4.69, 9.17) is 10.5 Å². The summed E-state index contributed by atoms with van der Waals surface area (Å²) >= 11 is 0. The van der Waals surface area contributed by atoms with Crippen LogP contribution in [0.2, 0.25) is 0 Å². The first-order valence-electron chi connectivity index (χ1n) is 6.59. The Kier molecular flexibility index (Phi) is 3.39. The molecule has 0 fully saturated rings. The lowest BCUT2D eigenvalue weighted by atomic mass is 10.1. The van der Waals surface area contributed by atoms with Gasteiger partial charge in [0, 0.05) is 0 Å². The number of H-pyrrole nitrogens is 1. The number of nitrogens with two attached hydrogens (primary N) is 1. The number of nitrogens with zero attached hydrogens (tertiary/aromatic N) is 1. The number of rotatable bonds is 4. The minimum Gasteiger partial charge on any atom is -0.497 e. The zero-order chi connectivity index (χ0) is 13.9. The van der Waals surface area contributed by atoms with Gasteiger partial charge < -0.3 is 15.5 Å². The van der Waals surface area contributed by atoms with Gasteiger partial charge in [-0.15, -0.1) is 0 Å². The van der Waals surface area contributed by atoms with E-state index in [-0.39, 0.29) is 6.04 Å². The normalized spacial score (nSPS) is 12.5. The average Bonchev–Trinajstić information content (AvgIpc) is 2.92. The summed E-state index contributed by atoms with van der Waals surface area (Å²) in [6, 6.07) is 15.8. The Morgan fingerprint density at radius 2 is 1.90 bits per heavy atom. The Morgan fingerprint density at radius 3 is 2.60 bits per heavy atom. The SMILES string of the molecule is COc1ccc(CC(N)c2nc3ccccc3[nH]2)cc1. The number of nitrogens with one attached hydrogen (secondary N) is 1. The Morgan fingerprint density at radius 1 is 1.15 bits per heavy atom. The molecule has 0 saturated carbocycles. The van der Waals surface area contributed by atoms with Gasteiger partial charge in [0.15, 0.2) is 0 Å². The molecule has 4 heteroatoms. The van der Waals surface area contributed by atoms with Crippen LogP contribution in [0.5, 0.6) is 5.75 Å². The lowest BCUT2D eigenvalue weighted by molar-refractivity contribution is 0.414. The number of aromatic nitrogens is 2. The molecule has 0 saturated heterocycles. The van der Waals surface area contributed by atoms with Crippen LogP contribution >= 0.6 is 0 Å². The second-order valence-electron chi connectivity index (χ2n) is 4.80. The minimum atomic E-state index is -0.143. The molecule has 0 radical (unpaired) electrons. The number of fused-ring (bicyclic) bond motifs is 1. The largest absolute Gasteiger partial charge is 0.497 e. The van der Waals surface area contributed by atoms with Crippen molar-refractivity contribution in [2.24, 2.45) is 5.73 Å². The molecule has 102 valence electrons. The Bertz CT molecular complexity index is 670. The summed E-state index contributed by atoms with van der Waals surface area (Å²) in [4.78, 5) is 7.81. The van der Waals surface area contributed by atoms with E-state index in [2.05, 4.69) is 9.97 Å². The lowest BCUT2D eigenvalue weighted by Gasteiger charge is -2.09. The maximum atomic E-state index is 6.24. The van der Waals surface area contributed by atoms with E-state index in [1.807, 2.05) is 48.5 Å². The molecule has 3 aromatic rings. The molecule has 3 N–H and O–H groups in total. The molecule has 1 unspecified atom stereocenters. The number of ether oxygens (including phenoxy) is 1. The second-order valence-corrected chi connectivity index (χ2v) is 4.80. The van der Waals surface area contributed by atoms with Gasteiger partial charge in [-0.1, -0.05) is 24.3 Å². The van der Waals surface area contributed by atoms with Gasteiger partial charge >= 0.3 is 0 Å². The molecule has 20 heavy (non-hydrogen) atoms. The Hall–Kier alpha value is -2.33. The summed E-state index contributed by atoms with van der Waals surface area (Å²) in [5.41, 5.74) is 9.37. The van der Waals surface area contributed by atoms with E-state index in [0.29, 0.717) is 0 Å². The third-order valence-electron chi connectivity index (χ3n) is 3.37. The lowest BCUT2D eigenvalue weighted by Crippen LogP contribution is -2.14. The molecule has 0 amide bonds. The second kappa shape index (κ2) is 5.35. The van der Waals surface area contributed by atoms with E-state index in [0.717, 1.165) is 29.0 Å². The summed E-state index contributed by atoms with van der Waals surface area (Å²) in [6.07, 6.45) is 0.740. The highest BCUT2D eigenvalue weighted by molar-refractivity contribution is 5.74. The van der Waals surface area contributed by atoms with Crippen LogP contribution in [0.15, 0.2) is 48.5 Å².